The lowest BCUT2D eigenvalue weighted by atomic mass is 10.1. The van der Waals surface area contributed by atoms with Crippen LogP contribution in [0.1, 0.15) is 18.4 Å². The predicted molar refractivity (Wildman–Crippen MR) is 93.2 cm³/mol. The van der Waals surface area contributed by atoms with Crippen LogP contribution in [-0.2, 0) is 11.2 Å². The van der Waals surface area contributed by atoms with E-state index in [4.69, 9.17) is 4.74 Å². The van der Waals surface area contributed by atoms with Crippen LogP contribution in [0.15, 0.2) is 42.5 Å². The lowest BCUT2D eigenvalue weighted by molar-refractivity contribution is -0.115. The molecule has 0 bridgehead atoms. The van der Waals surface area contributed by atoms with Crippen LogP contribution < -0.4 is 15.0 Å². The van der Waals surface area contributed by atoms with Gasteiger partial charge in [0.25, 0.3) is 0 Å². The van der Waals surface area contributed by atoms with Crippen LogP contribution in [0.25, 0.3) is 0 Å². The number of methoxy groups -OCH3 is 1. The number of amides is 1. The van der Waals surface area contributed by atoms with Gasteiger partial charge in [0.15, 0.2) is 0 Å². The second-order valence-electron chi connectivity index (χ2n) is 5.93. The quantitative estimate of drug-likeness (QED) is 0.911. The summed E-state index contributed by atoms with van der Waals surface area (Å²) in [6, 6.07) is 11.8. The number of carbonyl (C=O) groups excluding carboxylic acids is 1. The van der Waals surface area contributed by atoms with Gasteiger partial charge in [-0.25, -0.2) is 4.39 Å². The van der Waals surface area contributed by atoms with Crippen LogP contribution in [0.3, 0.4) is 0 Å². The van der Waals surface area contributed by atoms with E-state index in [0.717, 1.165) is 24.3 Å². The van der Waals surface area contributed by atoms with Crippen LogP contribution >= 0.6 is 0 Å². The molecule has 1 aliphatic heterocycles. The monoisotopic (exact) mass is 328 g/mol. The Balaban J connectivity index is 1.73. The Morgan fingerprint density at radius 2 is 1.88 bits per heavy atom. The Morgan fingerprint density at radius 1 is 1.17 bits per heavy atom. The third kappa shape index (κ3) is 3.85. The third-order valence-corrected chi connectivity index (χ3v) is 4.21. The van der Waals surface area contributed by atoms with Crippen molar-refractivity contribution < 1.29 is 13.9 Å². The molecule has 0 aliphatic carbocycles. The molecule has 126 valence electrons. The van der Waals surface area contributed by atoms with Crippen LogP contribution in [0, 0.1) is 5.82 Å². The summed E-state index contributed by atoms with van der Waals surface area (Å²) in [6.07, 6.45) is 2.58. The zero-order chi connectivity index (χ0) is 16.9. The van der Waals surface area contributed by atoms with Gasteiger partial charge in [0.2, 0.25) is 5.91 Å². The smallest absolute Gasteiger partial charge is 0.228 e. The first kappa shape index (κ1) is 16.3. The number of rotatable bonds is 5. The molecule has 3 rings (SSSR count). The first-order valence-electron chi connectivity index (χ1n) is 8.13. The average molecular weight is 328 g/mol. The zero-order valence-corrected chi connectivity index (χ0v) is 13.7. The number of ether oxygens (including phenoxy) is 1. The molecule has 0 spiro atoms. The molecule has 2 aromatic carbocycles. The van der Waals surface area contributed by atoms with Gasteiger partial charge in [-0.3, -0.25) is 4.79 Å². The van der Waals surface area contributed by atoms with Crippen molar-refractivity contribution in [2.24, 2.45) is 0 Å². The van der Waals surface area contributed by atoms with Crippen molar-refractivity contribution in [3.63, 3.8) is 0 Å². The second-order valence-corrected chi connectivity index (χ2v) is 5.93. The fourth-order valence-electron chi connectivity index (χ4n) is 2.95. The molecule has 1 aliphatic rings. The molecular weight excluding hydrogens is 307 g/mol. The first-order chi connectivity index (χ1) is 11.7. The predicted octanol–water partition coefficient (Wildman–Crippen LogP) is 3.62. The molecule has 1 amide bonds. The Labute approximate surface area is 141 Å². The van der Waals surface area contributed by atoms with E-state index >= 15 is 0 Å². The van der Waals surface area contributed by atoms with Crippen molar-refractivity contribution in [3.8, 4) is 5.75 Å². The van der Waals surface area contributed by atoms with Crippen LogP contribution in [0.4, 0.5) is 15.8 Å². The van der Waals surface area contributed by atoms with Crippen LogP contribution in [0.2, 0.25) is 0 Å². The van der Waals surface area contributed by atoms with E-state index in [1.165, 1.54) is 25.0 Å². The number of benzene rings is 2. The molecule has 1 heterocycles. The van der Waals surface area contributed by atoms with Crippen molar-refractivity contribution in [2.45, 2.75) is 19.3 Å². The number of halogens is 1. The van der Waals surface area contributed by atoms with Gasteiger partial charge in [0, 0.05) is 18.8 Å². The van der Waals surface area contributed by atoms with Crippen LogP contribution in [-0.4, -0.2) is 26.1 Å². The molecular formula is C19H21FN2O2. The molecule has 0 radical (unpaired) electrons. The van der Waals surface area contributed by atoms with E-state index in [0.29, 0.717) is 11.4 Å². The SMILES string of the molecule is COc1ccc(N2CCCC2)cc1NC(=O)Cc1ccc(F)cc1. The van der Waals surface area contributed by atoms with Gasteiger partial charge in [-0.15, -0.1) is 0 Å². The summed E-state index contributed by atoms with van der Waals surface area (Å²) in [7, 11) is 1.58. The molecule has 1 fully saturated rings. The summed E-state index contributed by atoms with van der Waals surface area (Å²) in [6.45, 7) is 2.07. The van der Waals surface area contributed by atoms with Crippen molar-refractivity contribution in [3.05, 3.63) is 53.8 Å². The van der Waals surface area contributed by atoms with Gasteiger partial charge in [-0.2, -0.15) is 0 Å². The van der Waals surface area contributed by atoms with Gasteiger partial charge >= 0.3 is 0 Å². The van der Waals surface area contributed by atoms with E-state index in [9.17, 15) is 9.18 Å². The van der Waals surface area contributed by atoms with E-state index in [1.807, 2.05) is 18.2 Å². The minimum Gasteiger partial charge on any atom is -0.495 e. The molecule has 4 nitrogen and oxygen atoms in total. The van der Waals surface area contributed by atoms with E-state index < -0.39 is 0 Å². The van der Waals surface area contributed by atoms with Crippen molar-refractivity contribution in [1.29, 1.82) is 0 Å². The largest absolute Gasteiger partial charge is 0.495 e. The standard InChI is InChI=1S/C19H21FN2O2/c1-24-18-9-8-16(22-10-2-3-11-22)13-17(18)21-19(23)12-14-4-6-15(20)7-5-14/h4-9,13H,2-3,10-12H2,1H3,(H,21,23). The second kappa shape index (κ2) is 7.34. The van der Waals surface area contributed by atoms with Gasteiger partial charge in [0.1, 0.15) is 11.6 Å². The molecule has 0 saturated carbocycles. The highest BCUT2D eigenvalue weighted by Gasteiger charge is 2.15. The zero-order valence-electron chi connectivity index (χ0n) is 13.7. The number of nitrogens with zero attached hydrogens (tertiary/aromatic N) is 1. The number of carbonyl (C=O) groups is 1. The summed E-state index contributed by atoms with van der Waals surface area (Å²) in [5.74, 6) is 0.169. The maximum Gasteiger partial charge on any atom is 0.228 e. The minimum absolute atomic E-state index is 0.154. The minimum atomic E-state index is -0.306. The Kier molecular flexibility index (Phi) is 4.99. The van der Waals surface area contributed by atoms with E-state index in [-0.39, 0.29) is 18.1 Å². The van der Waals surface area contributed by atoms with Gasteiger partial charge in [-0.05, 0) is 48.7 Å². The molecule has 24 heavy (non-hydrogen) atoms. The first-order valence-corrected chi connectivity index (χ1v) is 8.13. The van der Waals surface area contributed by atoms with E-state index in [1.54, 1.807) is 19.2 Å². The number of nitrogens with one attached hydrogen (secondary N) is 1. The van der Waals surface area contributed by atoms with Crippen molar-refractivity contribution in [2.75, 3.05) is 30.4 Å². The topological polar surface area (TPSA) is 41.6 Å². The van der Waals surface area contributed by atoms with Gasteiger partial charge in [0.05, 0.1) is 19.2 Å². The Hall–Kier alpha value is -2.56. The number of hydrogen-bond donors (Lipinski definition) is 1. The summed E-state index contributed by atoms with van der Waals surface area (Å²) in [4.78, 5) is 14.6. The Morgan fingerprint density at radius 3 is 2.54 bits per heavy atom. The summed E-state index contributed by atoms with van der Waals surface area (Å²) < 4.78 is 18.3. The lowest BCUT2D eigenvalue weighted by Gasteiger charge is -2.20. The molecule has 5 heteroatoms. The lowest BCUT2D eigenvalue weighted by Crippen LogP contribution is -2.19. The highest BCUT2D eigenvalue weighted by atomic mass is 19.1. The molecule has 0 unspecified atom stereocenters. The average Bonchev–Trinajstić information content (AvgIpc) is 3.11. The summed E-state index contributed by atoms with van der Waals surface area (Å²) >= 11 is 0. The normalized spacial score (nSPS) is 13.8. The maximum absolute atomic E-state index is 12.9. The Bertz CT molecular complexity index is 710. The van der Waals surface area contributed by atoms with E-state index in [2.05, 4.69) is 10.2 Å². The molecule has 1 N–H and O–H groups in total. The van der Waals surface area contributed by atoms with Gasteiger partial charge < -0.3 is 15.0 Å². The summed E-state index contributed by atoms with van der Waals surface area (Å²) in [5, 5.41) is 2.90. The number of anilines is 2. The maximum atomic E-state index is 12.9. The molecule has 0 aromatic heterocycles. The van der Waals surface area contributed by atoms with Crippen LogP contribution in [0.5, 0.6) is 5.75 Å². The highest BCUT2D eigenvalue weighted by Crippen LogP contribution is 2.31. The van der Waals surface area contributed by atoms with Crippen molar-refractivity contribution in [1.82, 2.24) is 0 Å². The summed E-state index contributed by atoms with van der Waals surface area (Å²) in [5.41, 5.74) is 2.52. The molecule has 0 atom stereocenters. The molecule has 2 aromatic rings. The highest BCUT2D eigenvalue weighted by molar-refractivity contribution is 5.94. The van der Waals surface area contributed by atoms with Gasteiger partial charge in [-0.1, -0.05) is 12.1 Å². The fourth-order valence-corrected chi connectivity index (χ4v) is 2.95. The molecule has 1 saturated heterocycles. The fraction of sp³-hybridized carbons (Fsp3) is 0.316. The van der Waals surface area contributed by atoms with Crippen molar-refractivity contribution >= 4 is 17.3 Å². The third-order valence-electron chi connectivity index (χ3n) is 4.21. The number of hydrogen-bond acceptors (Lipinski definition) is 3.